The smallest absolute Gasteiger partial charge is 0.274 e. The molecule has 2 heterocycles. The van der Waals surface area contributed by atoms with Crippen LogP contribution in [0, 0.1) is 0 Å². The van der Waals surface area contributed by atoms with Gasteiger partial charge in [-0.1, -0.05) is 29.5 Å². The Morgan fingerprint density at radius 2 is 2.07 bits per heavy atom. The first-order chi connectivity index (χ1) is 14.7. The van der Waals surface area contributed by atoms with Crippen molar-refractivity contribution >= 4 is 5.91 Å². The van der Waals surface area contributed by atoms with Crippen LogP contribution in [0.3, 0.4) is 0 Å². The van der Waals surface area contributed by atoms with Crippen molar-refractivity contribution in [3.8, 4) is 11.5 Å². The van der Waals surface area contributed by atoms with E-state index >= 15 is 0 Å². The molecule has 2 aromatic carbocycles. The number of benzene rings is 2. The monoisotopic (exact) mass is 408 g/mol. The molecule has 0 saturated carbocycles. The maximum Gasteiger partial charge on any atom is 0.274 e. The predicted molar refractivity (Wildman–Crippen MR) is 109 cm³/mol. The van der Waals surface area contributed by atoms with Crippen molar-refractivity contribution in [2.75, 3.05) is 13.7 Å². The number of carbonyl (C=O) groups excluding carboxylic acids is 1. The van der Waals surface area contributed by atoms with E-state index in [1.54, 1.807) is 11.8 Å². The van der Waals surface area contributed by atoms with Crippen LogP contribution in [0.15, 0.2) is 48.5 Å². The first-order valence-electron chi connectivity index (χ1n) is 9.85. The Kier molecular flexibility index (Phi) is 5.94. The van der Waals surface area contributed by atoms with Crippen LogP contribution in [0.1, 0.15) is 40.3 Å². The fraction of sp³-hybridized carbons (Fsp3) is 0.318. The highest BCUT2D eigenvalue weighted by Crippen LogP contribution is 2.28. The molecule has 1 amide bonds. The summed E-state index contributed by atoms with van der Waals surface area (Å²) in [6.45, 7) is 3.68. The van der Waals surface area contributed by atoms with E-state index in [4.69, 9.17) is 14.2 Å². The van der Waals surface area contributed by atoms with Gasteiger partial charge in [0.15, 0.2) is 5.69 Å². The second-order valence-electron chi connectivity index (χ2n) is 6.90. The normalized spacial score (nSPS) is 15.3. The summed E-state index contributed by atoms with van der Waals surface area (Å²) in [6, 6.07) is 15.4. The Balaban J connectivity index is 1.40. The van der Waals surface area contributed by atoms with Crippen LogP contribution in [0.25, 0.3) is 0 Å². The Bertz CT molecular complexity index is 1020. The van der Waals surface area contributed by atoms with E-state index in [-0.39, 0.29) is 18.6 Å². The van der Waals surface area contributed by atoms with Crippen molar-refractivity contribution in [2.24, 2.45) is 0 Å². The number of rotatable bonds is 7. The van der Waals surface area contributed by atoms with Crippen molar-refractivity contribution in [3.63, 3.8) is 0 Å². The largest absolute Gasteiger partial charge is 0.497 e. The summed E-state index contributed by atoms with van der Waals surface area (Å²) in [7, 11) is 1.63. The summed E-state index contributed by atoms with van der Waals surface area (Å²) in [4.78, 5) is 12.7. The van der Waals surface area contributed by atoms with Crippen LogP contribution in [-0.2, 0) is 24.4 Å². The summed E-state index contributed by atoms with van der Waals surface area (Å²) in [5.41, 5.74) is 2.95. The lowest BCUT2D eigenvalue weighted by atomic mass is 10.1. The number of fused-ring (bicyclic) bond motifs is 1. The quantitative estimate of drug-likeness (QED) is 0.647. The number of hydrogen-bond donors (Lipinski definition) is 1. The van der Waals surface area contributed by atoms with E-state index in [9.17, 15) is 4.79 Å². The zero-order valence-corrected chi connectivity index (χ0v) is 17.0. The summed E-state index contributed by atoms with van der Waals surface area (Å²) in [5.74, 6) is 1.30. The highest BCUT2D eigenvalue weighted by Gasteiger charge is 2.27. The minimum Gasteiger partial charge on any atom is -0.497 e. The minimum atomic E-state index is -0.274. The van der Waals surface area contributed by atoms with Gasteiger partial charge < -0.3 is 19.5 Å². The number of nitrogens with zero attached hydrogens (tertiary/aromatic N) is 3. The second kappa shape index (κ2) is 8.96. The first-order valence-corrected chi connectivity index (χ1v) is 9.85. The number of methoxy groups -OCH3 is 1. The maximum absolute atomic E-state index is 12.7. The predicted octanol–water partition coefficient (Wildman–Crippen LogP) is 2.89. The van der Waals surface area contributed by atoms with E-state index in [2.05, 4.69) is 15.6 Å². The van der Waals surface area contributed by atoms with Crippen molar-refractivity contribution in [1.82, 2.24) is 20.3 Å². The number of hydrogen-bond acceptors (Lipinski definition) is 6. The van der Waals surface area contributed by atoms with Crippen molar-refractivity contribution in [1.29, 1.82) is 0 Å². The molecule has 0 aliphatic carbocycles. The summed E-state index contributed by atoms with van der Waals surface area (Å²) >= 11 is 0. The van der Waals surface area contributed by atoms with Gasteiger partial charge in [0.25, 0.3) is 5.91 Å². The lowest BCUT2D eigenvalue weighted by molar-refractivity contribution is -0.00179. The Morgan fingerprint density at radius 1 is 1.23 bits per heavy atom. The molecule has 0 fully saturated rings. The second-order valence-corrected chi connectivity index (χ2v) is 6.90. The van der Waals surface area contributed by atoms with Crippen molar-refractivity contribution in [3.05, 3.63) is 71.0 Å². The Hall–Kier alpha value is -3.39. The SMILES string of the molecule is CCOc1cccc(CNC(=O)c2nnn3c2CO[C@H](c2ccc(OC)cc2)C3)c1. The molecular weight excluding hydrogens is 384 g/mol. The van der Waals surface area contributed by atoms with Gasteiger partial charge in [0, 0.05) is 6.54 Å². The molecule has 1 atom stereocenters. The highest BCUT2D eigenvalue weighted by molar-refractivity contribution is 5.93. The fourth-order valence-corrected chi connectivity index (χ4v) is 3.39. The van der Waals surface area contributed by atoms with E-state index in [0.29, 0.717) is 31.1 Å². The molecule has 4 rings (SSSR count). The zero-order chi connectivity index (χ0) is 20.9. The number of nitrogens with one attached hydrogen (secondary N) is 1. The molecule has 1 aliphatic rings. The molecule has 1 aromatic heterocycles. The van der Waals surface area contributed by atoms with Gasteiger partial charge in [0.05, 0.1) is 32.6 Å². The van der Waals surface area contributed by atoms with Crippen LogP contribution < -0.4 is 14.8 Å². The molecule has 0 bridgehead atoms. The average molecular weight is 408 g/mol. The third-order valence-electron chi connectivity index (χ3n) is 4.96. The molecule has 8 heteroatoms. The van der Waals surface area contributed by atoms with Gasteiger partial charge in [0.1, 0.15) is 17.6 Å². The average Bonchev–Trinajstić information content (AvgIpc) is 3.21. The zero-order valence-electron chi connectivity index (χ0n) is 17.0. The molecular formula is C22H24N4O4. The van der Waals surface area contributed by atoms with Crippen molar-refractivity contribution in [2.45, 2.75) is 32.7 Å². The molecule has 1 aliphatic heterocycles. The van der Waals surface area contributed by atoms with Crippen LogP contribution >= 0.6 is 0 Å². The molecule has 156 valence electrons. The van der Waals surface area contributed by atoms with Crippen molar-refractivity contribution < 1.29 is 19.0 Å². The Labute approximate surface area is 174 Å². The summed E-state index contributed by atoms with van der Waals surface area (Å²) < 4.78 is 18.4. The van der Waals surface area contributed by atoms with Gasteiger partial charge in [-0.2, -0.15) is 0 Å². The fourth-order valence-electron chi connectivity index (χ4n) is 3.39. The van der Waals surface area contributed by atoms with Gasteiger partial charge in [-0.05, 0) is 42.3 Å². The third-order valence-corrected chi connectivity index (χ3v) is 4.96. The molecule has 0 unspecified atom stereocenters. The van der Waals surface area contributed by atoms with Crippen LogP contribution in [-0.4, -0.2) is 34.6 Å². The van der Waals surface area contributed by atoms with Gasteiger partial charge >= 0.3 is 0 Å². The van der Waals surface area contributed by atoms with Gasteiger partial charge in [0.2, 0.25) is 0 Å². The van der Waals surface area contributed by atoms with Crippen LogP contribution in [0.4, 0.5) is 0 Å². The molecule has 0 spiro atoms. The summed E-state index contributed by atoms with van der Waals surface area (Å²) in [5, 5.41) is 11.1. The molecule has 3 aromatic rings. The topological polar surface area (TPSA) is 87.5 Å². The third kappa shape index (κ3) is 4.28. The molecule has 1 N–H and O–H groups in total. The molecule has 8 nitrogen and oxygen atoms in total. The van der Waals surface area contributed by atoms with Gasteiger partial charge in [-0.25, -0.2) is 4.68 Å². The molecule has 0 saturated heterocycles. The summed E-state index contributed by atoms with van der Waals surface area (Å²) in [6.07, 6.45) is -0.151. The number of amides is 1. The maximum atomic E-state index is 12.7. The lowest BCUT2D eigenvalue weighted by Crippen LogP contribution is -2.27. The molecule has 0 radical (unpaired) electrons. The number of carbonyl (C=O) groups is 1. The number of ether oxygens (including phenoxy) is 3. The van der Waals surface area contributed by atoms with Crippen LogP contribution in [0.5, 0.6) is 11.5 Å². The first kappa shape index (κ1) is 19.9. The standard InChI is InChI=1S/C22H24N4O4/c1-3-29-18-6-4-5-15(11-18)12-23-22(27)21-19-14-30-20(13-26(19)25-24-21)16-7-9-17(28-2)10-8-16/h4-11,20H,3,12-14H2,1-2H3,(H,23,27)/t20-/m0/s1. The van der Waals surface area contributed by atoms with E-state index in [0.717, 1.165) is 22.6 Å². The Morgan fingerprint density at radius 3 is 2.83 bits per heavy atom. The molecule has 30 heavy (non-hydrogen) atoms. The lowest BCUT2D eigenvalue weighted by Gasteiger charge is -2.24. The van der Waals surface area contributed by atoms with Gasteiger partial charge in [-0.3, -0.25) is 4.79 Å². The van der Waals surface area contributed by atoms with Gasteiger partial charge in [-0.15, -0.1) is 5.10 Å². The van der Waals surface area contributed by atoms with E-state index in [1.807, 2.05) is 55.5 Å². The van der Waals surface area contributed by atoms with Crippen LogP contribution in [0.2, 0.25) is 0 Å². The van der Waals surface area contributed by atoms with E-state index in [1.165, 1.54) is 0 Å². The number of aromatic nitrogens is 3. The highest BCUT2D eigenvalue weighted by atomic mass is 16.5. The minimum absolute atomic E-state index is 0.151. The van der Waals surface area contributed by atoms with E-state index < -0.39 is 0 Å².